The van der Waals surface area contributed by atoms with Crippen LogP contribution in [0.3, 0.4) is 0 Å². The molecule has 0 aromatic carbocycles. The van der Waals surface area contributed by atoms with Gasteiger partial charge in [-0.25, -0.2) is 5.10 Å². The highest BCUT2D eigenvalue weighted by Crippen LogP contribution is 1.92. The van der Waals surface area contributed by atoms with E-state index in [-0.39, 0.29) is 5.56 Å². The third-order valence-electron chi connectivity index (χ3n) is 1.09. The van der Waals surface area contributed by atoms with Gasteiger partial charge in [-0.1, -0.05) is 6.08 Å². The second-order valence-corrected chi connectivity index (χ2v) is 2.30. The fourth-order valence-corrected chi connectivity index (χ4v) is 0.727. The number of thiol groups is 1. The molecule has 0 unspecified atom stereocenters. The first kappa shape index (κ1) is 8.07. The van der Waals surface area contributed by atoms with Crippen LogP contribution in [0, 0.1) is 0 Å². The Morgan fingerprint density at radius 3 is 3.00 bits per heavy atom. The summed E-state index contributed by atoms with van der Waals surface area (Å²) >= 11 is 3.98. The summed E-state index contributed by atoms with van der Waals surface area (Å²) < 4.78 is 0. The van der Waals surface area contributed by atoms with Gasteiger partial charge in [-0.05, 0) is 12.1 Å². The largest absolute Gasteiger partial charge is 0.268 e. The van der Waals surface area contributed by atoms with Gasteiger partial charge in [-0.15, -0.1) is 0 Å². The van der Waals surface area contributed by atoms with Crippen LogP contribution in [0.1, 0.15) is 5.69 Å². The fraction of sp³-hybridized carbons (Fsp3) is 0.143. The molecule has 0 bridgehead atoms. The molecule has 0 amide bonds. The summed E-state index contributed by atoms with van der Waals surface area (Å²) in [5.74, 6) is 0.667. The van der Waals surface area contributed by atoms with Crippen molar-refractivity contribution in [2.75, 3.05) is 5.75 Å². The predicted molar refractivity (Wildman–Crippen MR) is 47.7 cm³/mol. The van der Waals surface area contributed by atoms with Crippen LogP contribution in [0.15, 0.2) is 23.0 Å². The number of aromatic nitrogens is 2. The van der Waals surface area contributed by atoms with E-state index in [0.717, 1.165) is 5.69 Å². The smallest absolute Gasteiger partial charge is 0.264 e. The van der Waals surface area contributed by atoms with Crippen LogP contribution in [0.5, 0.6) is 0 Å². The Morgan fingerprint density at radius 1 is 1.64 bits per heavy atom. The van der Waals surface area contributed by atoms with Gasteiger partial charge in [0.15, 0.2) is 0 Å². The van der Waals surface area contributed by atoms with Crippen LogP contribution in [0.4, 0.5) is 0 Å². The Bertz CT molecular complexity index is 285. The van der Waals surface area contributed by atoms with Crippen LogP contribution in [0.2, 0.25) is 0 Å². The van der Waals surface area contributed by atoms with Crippen molar-refractivity contribution in [2.45, 2.75) is 0 Å². The lowest BCUT2D eigenvalue weighted by atomic mass is 10.3. The number of hydrogen-bond acceptors (Lipinski definition) is 3. The molecule has 0 atom stereocenters. The molecule has 0 radical (unpaired) electrons. The van der Waals surface area contributed by atoms with Crippen LogP contribution < -0.4 is 5.56 Å². The molecule has 1 heterocycles. The second-order valence-electron chi connectivity index (χ2n) is 1.93. The van der Waals surface area contributed by atoms with Gasteiger partial charge in [0, 0.05) is 11.8 Å². The van der Waals surface area contributed by atoms with E-state index in [1.54, 1.807) is 12.1 Å². The highest BCUT2D eigenvalue weighted by Gasteiger charge is 1.85. The summed E-state index contributed by atoms with van der Waals surface area (Å²) in [5.41, 5.74) is 0.548. The van der Waals surface area contributed by atoms with E-state index in [1.807, 2.05) is 6.08 Å². The van der Waals surface area contributed by atoms with Gasteiger partial charge in [-0.3, -0.25) is 4.79 Å². The number of hydrogen-bond donors (Lipinski definition) is 2. The van der Waals surface area contributed by atoms with E-state index in [0.29, 0.717) is 5.75 Å². The molecule has 1 rings (SSSR count). The minimum Gasteiger partial charge on any atom is -0.268 e. The van der Waals surface area contributed by atoms with Gasteiger partial charge in [0.1, 0.15) is 0 Å². The average Bonchev–Trinajstić information content (AvgIpc) is 2.04. The van der Waals surface area contributed by atoms with Gasteiger partial charge in [0.25, 0.3) is 5.56 Å². The van der Waals surface area contributed by atoms with Crippen LogP contribution in [-0.2, 0) is 0 Å². The van der Waals surface area contributed by atoms with Crippen molar-refractivity contribution in [1.29, 1.82) is 0 Å². The summed E-state index contributed by atoms with van der Waals surface area (Å²) in [5, 5.41) is 6.08. The van der Waals surface area contributed by atoms with Crippen LogP contribution in [0.25, 0.3) is 6.08 Å². The number of rotatable bonds is 2. The number of aromatic amines is 1. The maximum atomic E-state index is 10.5. The van der Waals surface area contributed by atoms with E-state index in [9.17, 15) is 4.79 Å². The molecule has 4 heteroatoms. The standard InChI is InChI=1S/C7H8N2OS/c10-7-4-3-6(8-9-7)2-1-5-11/h1-4,11H,5H2,(H,9,10). The van der Waals surface area contributed by atoms with Crippen molar-refractivity contribution in [3.63, 3.8) is 0 Å². The minimum atomic E-state index is -0.187. The first-order chi connectivity index (χ1) is 5.33. The molecule has 11 heavy (non-hydrogen) atoms. The van der Waals surface area contributed by atoms with Gasteiger partial charge >= 0.3 is 0 Å². The molecule has 0 aliphatic rings. The summed E-state index contributed by atoms with van der Waals surface area (Å²) in [6, 6.07) is 3.09. The zero-order chi connectivity index (χ0) is 8.10. The van der Waals surface area contributed by atoms with Crippen LogP contribution >= 0.6 is 12.6 Å². The van der Waals surface area contributed by atoms with Crippen LogP contribution in [-0.4, -0.2) is 16.0 Å². The Kier molecular flexibility index (Phi) is 2.92. The Labute approximate surface area is 69.6 Å². The third kappa shape index (κ3) is 2.59. The monoisotopic (exact) mass is 168 g/mol. The Balaban J connectivity index is 2.82. The third-order valence-corrected chi connectivity index (χ3v) is 1.31. The maximum absolute atomic E-state index is 10.5. The van der Waals surface area contributed by atoms with Gasteiger partial charge in [-0.2, -0.15) is 17.7 Å². The topological polar surface area (TPSA) is 45.8 Å². The predicted octanol–water partition coefficient (Wildman–Crippen LogP) is 0.713. The number of nitrogens with zero attached hydrogens (tertiary/aromatic N) is 1. The van der Waals surface area contributed by atoms with Gasteiger partial charge in [0.05, 0.1) is 5.69 Å². The van der Waals surface area contributed by atoms with Crippen molar-refractivity contribution in [2.24, 2.45) is 0 Å². The van der Waals surface area contributed by atoms with E-state index in [4.69, 9.17) is 0 Å². The SMILES string of the molecule is O=c1ccc(C=CCS)n[nH]1. The van der Waals surface area contributed by atoms with E-state index in [1.165, 1.54) is 6.07 Å². The van der Waals surface area contributed by atoms with Crippen molar-refractivity contribution >= 4 is 18.7 Å². The molecule has 0 fully saturated rings. The minimum absolute atomic E-state index is 0.187. The highest BCUT2D eigenvalue weighted by atomic mass is 32.1. The van der Waals surface area contributed by atoms with E-state index in [2.05, 4.69) is 22.8 Å². The van der Waals surface area contributed by atoms with E-state index < -0.39 is 0 Å². The van der Waals surface area contributed by atoms with E-state index >= 15 is 0 Å². The Hall–Kier alpha value is -1.03. The van der Waals surface area contributed by atoms with Gasteiger partial charge in [0.2, 0.25) is 0 Å². The zero-order valence-electron chi connectivity index (χ0n) is 5.82. The summed E-state index contributed by atoms with van der Waals surface area (Å²) in [6.45, 7) is 0. The summed E-state index contributed by atoms with van der Waals surface area (Å²) in [4.78, 5) is 10.5. The Morgan fingerprint density at radius 2 is 2.45 bits per heavy atom. The van der Waals surface area contributed by atoms with Crippen molar-refractivity contribution < 1.29 is 0 Å². The quantitative estimate of drug-likeness (QED) is 0.639. The molecular weight excluding hydrogens is 160 g/mol. The van der Waals surface area contributed by atoms with Crippen molar-refractivity contribution in [3.8, 4) is 0 Å². The lowest BCUT2D eigenvalue weighted by Gasteiger charge is -1.87. The summed E-state index contributed by atoms with van der Waals surface area (Å²) in [6.07, 6.45) is 3.65. The first-order valence-electron chi connectivity index (χ1n) is 3.16. The van der Waals surface area contributed by atoms with Crippen molar-refractivity contribution in [3.05, 3.63) is 34.3 Å². The number of nitrogens with one attached hydrogen (secondary N) is 1. The molecule has 3 nitrogen and oxygen atoms in total. The molecule has 1 aromatic rings. The molecule has 0 saturated heterocycles. The number of H-pyrrole nitrogens is 1. The van der Waals surface area contributed by atoms with Gasteiger partial charge < -0.3 is 0 Å². The lowest BCUT2D eigenvalue weighted by Crippen LogP contribution is -2.05. The molecule has 0 aliphatic carbocycles. The first-order valence-corrected chi connectivity index (χ1v) is 3.79. The molecule has 58 valence electrons. The zero-order valence-corrected chi connectivity index (χ0v) is 6.71. The molecule has 1 N–H and O–H groups in total. The fourth-order valence-electron chi connectivity index (χ4n) is 0.622. The molecule has 0 saturated carbocycles. The second kappa shape index (κ2) is 3.98. The van der Waals surface area contributed by atoms with Crippen molar-refractivity contribution in [1.82, 2.24) is 10.2 Å². The molecular formula is C7H8N2OS. The molecule has 0 spiro atoms. The maximum Gasteiger partial charge on any atom is 0.264 e. The molecule has 0 aliphatic heterocycles. The normalized spacial score (nSPS) is 10.6. The average molecular weight is 168 g/mol. The lowest BCUT2D eigenvalue weighted by molar-refractivity contribution is 0.977. The molecule has 1 aromatic heterocycles. The summed E-state index contributed by atoms with van der Waals surface area (Å²) in [7, 11) is 0. The highest BCUT2D eigenvalue weighted by molar-refractivity contribution is 7.80.